The molecule has 1 aromatic carbocycles. The molecule has 0 aliphatic carbocycles. The highest BCUT2D eigenvalue weighted by Gasteiger charge is 2.33. The fraction of sp³-hybridized carbons (Fsp3) is 0.385. The molecule has 15 heavy (non-hydrogen) atoms. The van der Waals surface area contributed by atoms with Crippen LogP contribution < -0.4 is 5.32 Å². The maximum atomic E-state index is 10.5. The molecule has 0 fully saturated rings. The summed E-state index contributed by atoms with van der Waals surface area (Å²) in [5, 5.41) is 13.7. The summed E-state index contributed by atoms with van der Waals surface area (Å²) in [6, 6.07) is 9.93. The maximum Gasteiger partial charge on any atom is 0.107 e. The monoisotopic (exact) mass is 203 g/mol. The van der Waals surface area contributed by atoms with Crippen molar-refractivity contribution in [3.8, 4) is 0 Å². The van der Waals surface area contributed by atoms with E-state index < -0.39 is 5.60 Å². The van der Waals surface area contributed by atoms with Crippen LogP contribution >= 0.6 is 0 Å². The third-order valence-electron chi connectivity index (χ3n) is 3.07. The average Bonchev–Trinajstić information content (AvgIpc) is 2.31. The first-order valence-electron chi connectivity index (χ1n) is 5.40. The van der Waals surface area contributed by atoms with Crippen LogP contribution in [0.1, 0.15) is 25.3 Å². The van der Waals surface area contributed by atoms with E-state index in [1.807, 2.05) is 43.5 Å². The van der Waals surface area contributed by atoms with Gasteiger partial charge in [-0.25, -0.2) is 0 Å². The van der Waals surface area contributed by atoms with Crippen LogP contribution in [0.3, 0.4) is 0 Å². The second-order valence-corrected chi connectivity index (χ2v) is 4.21. The molecule has 0 amide bonds. The first-order chi connectivity index (χ1) is 7.21. The lowest BCUT2D eigenvalue weighted by molar-refractivity contribution is 0.0155. The zero-order chi connectivity index (χ0) is 10.7. The van der Waals surface area contributed by atoms with E-state index >= 15 is 0 Å². The summed E-state index contributed by atoms with van der Waals surface area (Å²) < 4.78 is 0. The molecular weight excluding hydrogens is 186 g/mol. The zero-order valence-electron chi connectivity index (χ0n) is 8.98. The smallest absolute Gasteiger partial charge is 0.107 e. The summed E-state index contributed by atoms with van der Waals surface area (Å²) in [5.41, 5.74) is 0.171. The molecule has 1 aromatic rings. The van der Waals surface area contributed by atoms with Gasteiger partial charge >= 0.3 is 0 Å². The standard InChI is InChI=1S/C13H17NO/c1-13(15,11-7-3-2-4-8-11)12-9-5-6-10-14-12/h2-4,6-8,10,12,14-15H,5,9H2,1H3. The molecule has 2 heteroatoms. The molecule has 1 aliphatic heterocycles. The molecule has 2 atom stereocenters. The van der Waals surface area contributed by atoms with Crippen molar-refractivity contribution < 1.29 is 5.11 Å². The highest BCUT2D eigenvalue weighted by atomic mass is 16.3. The lowest BCUT2D eigenvalue weighted by Gasteiger charge is -2.35. The van der Waals surface area contributed by atoms with Crippen LogP contribution in [0, 0.1) is 0 Å². The van der Waals surface area contributed by atoms with Crippen molar-refractivity contribution >= 4 is 0 Å². The van der Waals surface area contributed by atoms with Gasteiger partial charge in [0.1, 0.15) is 5.60 Å². The van der Waals surface area contributed by atoms with Crippen molar-refractivity contribution in [3.63, 3.8) is 0 Å². The molecule has 0 radical (unpaired) electrons. The molecule has 0 saturated heterocycles. The molecule has 1 aliphatic rings. The lowest BCUT2D eigenvalue weighted by atomic mass is 9.85. The van der Waals surface area contributed by atoms with Crippen molar-refractivity contribution in [2.24, 2.45) is 0 Å². The minimum Gasteiger partial charge on any atom is -0.385 e. The second-order valence-electron chi connectivity index (χ2n) is 4.21. The molecule has 0 bridgehead atoms. The predicted octanol–water partition coefficient (Wildman–Crippen LogP) is 2.16. The maximum absolute atomic E-state index is 10.5. The van der Waals surface area contributed by atoms with Crippen LogP contribution in [0.5, 0.6) is 0 Å². The molecule has 1 heterocycles. The Kier molecular flexibility index (Phi) is 2.78. The molecular formula is C13H17NO. The topological polar surface area (TPSA) is 32.3 Å². The van der Waals surface area contributed by atoms with Gasteiger partial charge < -0.3 is 10.4 Å². The van der Waals surface area contributed by atoms with Crippen molar-refractivity contribution in [1.82, 2.24) is 5.32 Å². The van der Waals surface area contributed by atoms with Crippen LogP contribution in [0.15, 0.2) is 42.6 Å². The van der Waals surface area contributed by atoms with Gasteiger partial charge in [0.2, 0.25) is 0 Å². The van der Waals surface area contributed by atoms with E-state index in [-0.39, 0.29) is 6.04 Å². The Bertz CT molecular complexity index is 343. The Hall–Kier alpha value is -1.28. The van der Waals surface area contributed by atoms with Gasteiger partial charge in [0.05, 0.1) is 6.04 Å². The Morgan fingerprint density at radius 2 is 2.07 bits per heavy atom. The van der Waals surface area contributed by atoms with E-state index in [0.29, 0.717) is 0 Å². The summed E-state index contributed by atoms with van der Waals surface area (Å²) in [6.07, 6.45) is 6.03. The van der Waals surface area contributed by atoms with Crippen LogP contribution in [0.4, 0.5) is 0 Å². The van der Waals surface area contributed by atoms with Crippen LogP contribution in [0.25, 0.3) is 0 Å². The van der Waals surface area contributed by atoms with Crippen LogP contribution in [0.2, 0.25) is 0 Å². The van der Waals surface area contributed by atoms with E-state index in [1.165, 1.54) is 0 Å². The number of rotatable bonds is 2. The second kappa shape index (κ2) is 4.07. The van der Waals surface area contributed by atoms with Gasteiger partial charge in [-0.3, -0.25) is 0 Å². The Labute approximate surface area is 90.6 Å². The fourth-order valence-corrected chi connectivity index (χ4v) is 2.03. The lowest BCUT2D eigenvalue weighted by Crippen LogP contribution is -2.45. The Balaban J connectivity index is 2.22. The zero-order valence-corrected chi connectivity index (χ0v) is 8.98. The number of hydrogen-bond acceptors (Lipinski definition) is 2. The molecule has 2 unspecified atom stereocenters. The number of benzene rings is 1. The van der Waals surface area contributed by atoms with E-state index in [9.17, 15) is 5.11 Å². The summed E-state index contributed by atoms with van der Waals surface area (Å²) in [6.45, 7) is 1.87. The Morgan fingerprint density at radius 1 is 1.33 bits per heavy atom. The van der Waals surface area contributed by atoms with Crippen molar-refractivity contribution in [2.45, 2.75) is 31.4 Å². The predicted molar refractivity (Wildman–Crippen MR) is 61.3 cm³/mol. The van der Waals surface area contributed by atoms with Crippen LogP contribution in [-0.4, -0.2) is 11.1 Å². The highest BCUT2D eigenvalue weighted by molar-refractivity contribution is 5.24. The minimum atomic E-state index is -0.800. The third-order valence-corrected chi connectivity index (χ3v) is 3.07. The fourth-order valence-electron chi connectivity index (χ4n) is 2.03. The first-order valence-corrected chi connectivity index (χ1v) is 5.40. The van der Waals surface area contributed by atoms with Gasteiger partial charge in [-0.15, -0.1) is 0 Å². The van der Waals surface area contributed by atoms with Crippen molar-refractivity contribution in [2.75, 3.05) is 0 Å². The molecule has 2 N–H and O–H groups in total. The first kappa shape index (κ1) is 10.2. The van der Waals surface area contributed by atoms with Gasteiger partial charge in [0.25, 0.3) is 0 Å². The van der Waals surface area contributed by atoms with E-state index in [4.69, 9.17) is 0 Å². The summed E-state index contributed by atoms with van der Waals surface area (Å²) in [5.74, 6) is 0. The molecule has 0 saturated carbocycles. The van der Waals surface area contributed by atoms with Gasteiger partial charge in [-0.1, -0.05) is 36.4 Å². The summed E-state index contributed by atoms with van der Waals surface area (Å²) >= 11 is 0. The van der Waals surface area contributed by atoms with Gasteiger partial charge in [0, 0.05) is 0 Å². The molecule has 0 spiro atoms. The summed E-state index contributed by atoms with van der Waals surface area (Å²) in [4.78, 5) is 0. The quantitative estimate of drug-likeness (QED) is 0.772. The number of nitrogens with one attached hydrogen (secondary N) is 1. The molecule has 2 rings (SSSR count). The van der Waals surface area contributed by atoms with Crippen molar-refractivity contribution in [3.05, 3.63) is 48.2 Å². The highest BCUT2D eigenvalue weighted by Crippen LogP contribution is 2.28. The van der Waals surface area contributed by atoms with E-state index in [0.717, 1.165) is 18.4 Å². The van der Waals surface area contributed by atoms with E-state index in [2.05, 4.69) is 11.4 Å². The van der Waals surface area contributed by atoms with E-state index in [1.54, 1.807) is 0 Å². The molecule has 0 aromatic heterocycles. The average molecular weight is 203 g/mol. The molecule has 2 nitrogen and oxygen atoms in total. The van der Waals surface area contributed by atoms with Crippen LogP contribution in [-0.2, 0) is 5.60 Å². The normalized spacial score (nSPS) is 24.3. The minimum absolute atomic E-state index is 0.102. The Morgan fingerprint density at radius 3 is 2.67 bits per heavy atom. The molecule has 80 valence electrons. The third kappa shape index (κ3) is 2.05. The number of hydrogen-bond donors (Lipinski definition) is 2. The number of allylic oxidation sites excluding steroid dienone is 1. The van der Waals surface area contributed by atoms with Gasteiger partial charge in [0.15, 0.2) is 0 Å². The largest absolute Gasteiger partial charge is 0.385 e. The van der Waals surface area contributed by atoms with Gasteiger partial charge in [-0.05, 0) is 31.5 Å². The van der Waals surface area contributed by atoms with Gasteiger partial charge in [-0.2, -0.15) is 0 Å². The SMILES string of the molecule is CC(O)(c1ccccc1)C1CCC=CN1. The van der Waals surface area contributed by atoms with Crippen molar-refractivity contribution in [1.29, 1.82) is 0 Å². The summed E-state index contributed by atoms with van der Waals surface area (Å²) in [7, 11) is 0. The number of aliphatic hydroxyl groups is 1.